The van der Waals surface area contributed by atoms with Gasteiger partial charge < -0.3 is 10.1 Å². The third kappa shape index (κ3) is 3.31. The number of aromatic nitrogens is 2. The van der Waals surface area contributed by atoms with Crippen LogP contribution in [0, 0.1) is 13.8 Å². The van der Waals surface area contributed by atoms with E-state index >= 15 is 0 Å². The molecule has 0 saturated heterocycles. The van der Waals surface area contributed by atoms with Crippen LogP contribution < -0.4 is 5.32 Å². The molecular weight excluding hydrogens is 266 g/mol. The topological polar surface area (TPSA) is 56.1 Å². The van der Waals surface area contributed by atoms with Crippen molar-refractivity contribution in [2.24, 2.45) is 7.05 Å². The number of esters is 1. The molecule has 2 rings (SSSR count). The molecular formula is C16H21N3O2. The molecule has 1 aromatic heterocycles. The van der Waals surface area contributed by atoms with E-state index in [0.717, 1.165) is 23.5 Å². The fraction of sp³-hybridized carbons (Fsp3) is 0.375. The number of carbonyl (C=O) groups excluding carboxylic acids is 1. The van der Waals surface area contributed by atoms with E-state index in [0.29, 0.717) is 12.1 Å². The Balaban J connectivity index is 2.06. The molecule has 5 heteroatoms. The Kier molecular flexibility index (Phi) is 4.75. The molecule has 0 amide bonds. The van der Waals surface area contributed by atoms with Crippen molar-refractivity contribution in [2.75, 3.05) is 7.11 Å². The molecule has 1 N–H and O–H groups in total. The zero-order chi connectivity index (χ0) is 15.4. The van der Waals surface area contributed by atoms with Gasteiger partial charge in [-0.2, -0.15) is 5.10 Å². The van der Waals surface area contributed by atoms with Gasteiger partial charge in [0.1, 0.15) is 0 Å². The lowest BCUT2D eigenvalue weighted by molar-refractivity contribution is 0.0599. The number of hydrogen-bond donors (Lipinski definition) is 1. The summed E-state index contributed by atoms with van der Waals surface area (Å²) in [5.74, 6) is -0.305. The Labute approximate surface area is 124 Å². The van der Waals surface area contributed by atoms with Crippen LogP contribution in [0.1, 0.15) is 32.9 Å². The summed E-state index contributed by atoms with van der Waals surface area (Å²) >= 11 is 0. The summed E-state index contributed by atoms with van der Waals surface area (Å²) in [6, 6.07) is 7.47. The minimum Gasteiger partial charge on any atom is -0.465 e. The minimum atomic E-state index is -0.305. The van der Waals surface area contributed by atoms with Gasteiger partial charge in [0.05, 0.1) is 18.4 Å². The van der Waals surface area contributed by atoms with E-state index in [1.54, 1.807) is 6.07 Å². The highest BCUT2D eigenvalue weighted by molar-refractivity contribution is 5.90. The van der Waals surface area contributed by atoms with Gasteiger partial charge in [0, 0.05) is 31.4 Å². The number of hydrogen-bond acceptors (Lipinski definition) is 4. The fourth-order valence-corrected chi connectivity index (χ4v) is 2.38. The summed E-state index contributed by atoms with van der Waals surface area (Å²) in [4.78, 5) is 11.7. The summed E-state index contributed by atoms with van der Waals surface area (Å²) in [6.07, 6.45) is 0. The minimum absolute atomic E-state index is 0.305. The second kappa shape index (κ2) is 6.54. The summed E-state index contributed by atoms with van der Waals surface area (Å²) in [6.45, 7) is 5.39. The Hall–Kier alpha value is -2.14. The van der Waals surface area contributed by atoms with Crippen LogP contribution in [-0.4, -0.2) is 22.9 Å². The van der Waals surface area contributed by atoms with E-state index in [9.17, 15) is 4.79 Å². The first-order valence-corrected chi connectivity index (χ1v) is 6.90. The molecule has 0 aliphatic heterocycles. The Bertz CT molecular complexity index is 647. The smallest absolute Gasteiger partial charge is 0.338 e. The van der Waals surface area contributed by atoms with E-state index in [2.05, 4.69) is 17.3 Å². The summed E-state index contributed by atoms with van der Waals surface area (Å²) in [5, 5.41) is 7.77. The van der Waals surface area contributed by atoms with Crippen molar-refractivity contribution in [2.45, 2.75) is 26.9 Å². The van der Waals surface area contributed by atoms with Gasteiger partial charge in [-0.1, -0.05) is 18.2 Å². The first kappa shape index (κ1) is 15.3. The van der Waals surface area contributed by atoms with Gasteiger partial charge in [0.25, 0.3) is 0 Å². The third-order valence-corrected chi connectivity index (χ3v) is 3.70. The van der Waals surface area contributed by atoms with E-state index in [1.807, 2.05) is 36.9 Å². The average molecular weight is 287 g/mol. The lowest BCUT2D eigenvalue weighted by Gasteiger charge is -2.09. The SMILES string of the molecule is COC(=O)c1ccccc1CNCc1c(C)nn(C)c1C. The summed E-state index contributed by atoms with van der Waals surface area (Å²) in [7, 11) is 3.34. The molecule has 0 spiro atoms. The van der Waals surface area contributed by atoms with Crippen molar-refractivity contribution in [1.29, 1.82) is 0 Å². The molecule has 21 heavy (non-hydrogen) atoms. The van der Waals surface area contributed by atoms with Gasteiger partial charge >= 0.3 is 5.97 Å². The molecule has 0 saturated carbocycles. The first-order chi connectivity index (χ1) is 10.0. The summed E-state index contributed by atoms with van der Waals surface area (Å²) < 4.78 is 6.69. The fourth-order valence-electron chi connectivity index (χ4n) is 2.38. The highest BCUT2D eigenvalue weighted by Gasteiger charge is 2.12. The second-order valence-electron chi connectivity index (χ2n) is 5.03. The number of methoxy groups -OCH3 is 1. The molecule has 0 unspecified atom stereocenters. The molecule has 0 aliphatic carbocycles. The van der Waals surface area contributed by atoms with Gasteiger partial charge in [0.15, 0.2) is 0 Å². The van der Waals surface area contributed by atoms with E-state index in [1.165, 1.54) is 12.7 Å². The lowest BCUT2D eigenvalue weighted by atomic mass is 10.1. The quantitative estimate of drug-likeness (QED) is 0.856. The molecule has 0 atom stereocenters. The Morgan fingerprint density at radius 1 is 1.29 bits per heavy atom. The number of carbonyl (C=O) groups is 1. The van der Waals surface area contributed by atoms with Gasteiger partial charge in [-0.05, 0) is 25.5 Å². The van der Waals surface area contributed by atoms with Gasteiger partial charge in [-0.3, -0.25) is 4.68 Å². The number of nitrogens with one attached hydrogen (secondary N) is 1. The number of aryl methyl sites for hydroxylation is 2. The maximum absolute atomic E-state index is 11.7. The molecule has 0 bridgehead atoms. The van der Waals surface area contributed by atoms with Gasteiger partial charge in [-0.15, -0.1) is 0 Å². The Morgan fingerprint density at radius 3 is 2.62 bits per heavy atom. The molecule has 0 fully saturated rings. The second-order valence-corrected chi connectivity index (χ2v) is 5.03. The predicted molar refractivity (Wildman–Crippen MR) is 81.0 cm³/mol. The van der Waals surface area contributed by atoms with Crippen LogP contribution in [-0.2, 0) is 24.9 Å². The molecule has 0 radical (unpaired) electrons. The van der Waals surface area contributed by atoms with Crippen molar-refractivity contribution in [3.63, 3.8) is 0 Å². The van der Waals surface area contributed by atoms with Crippen LogP contribution in [0.25, 0.3) is 0 Å². The average Bonchev–Trinajstić information content (AvgIpc) is 2.73. The molecule has 1 aromatic carbocycles. The summed E-state index contributed by atoms with van der Waals surface area (Å²) in [5.41, 5.74) is 4.92. The maximum Gasteiger partial charge on any atom is 0.338 e. The van der Waals surface area contributed by atoms with Crippen molar-refractivity contribution >= 4 is 5.97 Å². The van der Waals surface area contributed by atoms with E-state index in [-0.39, 0.29) is 5.97 Å². The monoisotopic (exact) mass is 287 g/mol. The molecule has 1 heterocycles. The molecule has 2 aromatic rings. The number of rotatable bonds is 5. The van der Waals surface area contributed by atoms with Crippen LogP contribution in [0.2, 0.25) is 0 Å². The standard InChI is InChI=1S/C16H21N3O2/c1-11-15(12(2)19(3)18-11)10-17-9-13-7-5-6-8-14(13)16(20)21-4/h5-8,17H,9-10H2,1-4H3. The molecule has 5 nitrogen and oxygen atoms in total. The molecule has 112 valence electrons. The van der Waals surface area contributed by atoms with Gasteiger partial charge in [-0.25, -0.2) is 4.79 Å². The Morgan fingerprint density at radius 2 is 2.00 bits per heavy atom. The lowest BCUT2D eigenvalue weighted by Crippen LogP contribution is -2.16. The largest absolute Gasteiger partial charge is 0.465 e. The van der Waals surface area contributed by atoms with Crippen molar-refractivity contribution in [3.8, 4) is 0 Å². The van der Waals surface area contributed by atoms with Gasteiger partial charge in [0.2, 0.25) is 0 Å². The number of nitrogens with zero attached hydrogens (tertiary/aromatic N) is 2. The number of ether oxygens (including phenoxy) is 1. The van der Waals surface area contributed by atoms with Crippen molar-refractivity contribution < 1.29 is 9.53 Å². The van der Waals surface area contributed by atoms with Crippen LogP contribution in [0.5, 0.6) is 0 Å². The maximum atomic E-state index is 11.7. The number of benzene rings is 1. The zero-order valence-electron chi connectivity index (χ0n) is 12.9. The zero-order valence-corrected chi connectivity index (χ0v) is 12.9. The predicted octanol–water partition coefficient (Wildman–Crippen LogP) is 2.11. The highest BCUT2D eigenvalue weighted by Crippen LogP contribution is 2.13. The molecule has 0 aliphatic rings. The van der Waals surface area contributed by atoms with Crippen LogP contribution in [0.15, 0.2) is 24.3 Å². The van der Waals surface area contributed by atoms with Crippen molar-refractivity contribution in [1.82, 2.24) is 15.1 Å². The normalized spacial score (nSPS) is 10.7. The van der Waals surface area contributed by atoms with Crippen LogP contribution >= 0.6 is 0 Å². The third-order valence-electron chi connectivity index (χ3n) is 3.70. The van der Waals surface area contributed by atoms with Crippen LogP contribution in [0.3, 0.4) is 0 Å². The first-order valence-electron chi connectivity index (χ1n) is 6.90. The van der Waals surface area contributed by atoms with Crippen molar-refractivity contribution in [3.05, 3.63) is 52.3 Å². The van der Waals surface area contributed by atoms with E-state index < -0.39 is 0 Å². The highest BCUT2D eigenvalue weighted by atomic mass is 16.5. The van der Waals surface area contributed by atoms with Crippen LogP contribution in [0.4, 0.5) is 0 Å². The van der Waals surface area contributed by atoms with E-state index in [4.69, 9.17) is 4.74 Å².